The highest BCUT2D eigenvalue weighted by molar-refractivity contribution is 5.79. The molecular weight excluding hydrogens is 218 g/mol. The summed E-state index contributed by atoms with van der Waals surface area (Å²) in [5, 5.41) is 2.59. The number of ketones is 1. The summed E-state index contributed by atoms with van der Waals surface area (Å²) in [5.74, 6) is 1.02. The van der Waals surface area contributed by atoms with Gasteiger partial charge in [0.25, 0.3) is 0 Å². The van der Waals surface area contributed by atoms with Gasteiger partial charge in [-0.05, 0) is 33.1 Å². The Labute approximate surface area is 103 Å². The maximum atomic E-state index is 11.4. The minimum Gasteiger partial charge on any atom is -0.444 e. The van der Waals surface area contributed by atoms with Crippen molar-refractivity contribution >= 4 is 11.9 Å². The molecule has 1 amide bonds. The number of ether oxygens (including phenoxy) is 1. The van der Waals surface area contributed by atoms with Crippen LogP contribution in [0.15, 0.2) is 0 Å². The predicted molar refractivity (Wildman–Crippen MR) is 65.8 cm³/mol. The monoisotopic (exact) mass is 241 g/mol. The van der Waals surface area contributed by atoms with Gasteiger partial charge in [-0.15, -0.1) is 0 Å². The van der Waals surface area contributed by atoms with Gasteiger partial charge in [0.2, 0.25) is 0 Å². The van der Waals surface area contributed by atoms with Crippen molar-refractivity contribution in [3.8, 4) is 0 Å². The summed E-state index contributed by atoms with van der Waals surface area (Å²) in [6.45, 7) is 5.81. The van der Waals surface area contributed by atoms with E-state index in [1.54, 1.807) is 0 Å². The van der Waals surface area contributed by atoms with Crippen molar-refractivity contribution in [3.63, 3.8) is 0 Å². The van der Waals surface area contributed by atoms with Gasteiger partial charge in [0.1, 0.15) is 11.4 Å². The number of hydrogen-bond acceptors (Lipinski definition) is 3. The normalized spacial score (nSPS) is 15.5. The maximum Gasteiger partial charge on any atom is 0.407 e. The molecule has 98 valence electrons. The van der Waals surface area contributed by atoms with Crippen LogP contribution in [-0.2, 0) is 9.53 Å². The van der Waals surface area contributed by atoms with Crippen LogP contribution in [0.25, 0.3) is 0 Å². The summed E-state index contributed by atoms with van der Waals surface area (Å²) in [6.07, 6.45) is 4.19. The minimum absolute atomic E-state index is 0.230. The fourth-order valence-electron chi connectivity index (χ4n) is 1.51. The fraction of sp³-hybridized carbons (Fsp3) is 0.846. The third kappa shape index (κ3) is 7.77. The number of alkyl carbamates (subject to hydrolysis) is 1. The summed E-state index contributed by atoms with van der Waals surface area (Å²) in [4.78, 5) is 22.7. The zero-order chi connectivity index (χ0) is 12.9. The average molecular weight is 241 g/mol. The van der Waals surface area contributed by atoms with Gasteiger partial charge in [-0.2, -0.15) is 0 Å². The molecule has 1 aliphatic rings. The molecule has 1 N–H and O–H groups in total. The van der Waals surface area contributed by atoms with Gasteiger partial charge in [0, 0.05) is 19.4 Å². The zero-order valence-electron chi connectivity index (χ0n) is 11.0. The number of rotatable bonds is 6. The highest BCUT2D eigenvalue weighted by atomic mass is 16.6. The summed E-state index contributed by atoms with van der Waals surface area (Å²) < 4.78 is 5.07. The third-order valence-corrected chi connectivity index (χ3v) is 2.60. The zero-order valence-corrected chi connectivity index (χ0v) is 11.0. The van der Waals surface area contributed by atoms with Gasteiger partial charge in [-0.1, -0.05) is 12.8 Å². The molecule has 1 rings (SSSR count). The molecule has 0 aromatic rings. The molecule has 1 aliphatic carbocycles. The van der Waals surface area contributed by atoms with Crippen LogP contribution in [0, 0.1) is 5.92 Å². The molecule has 4 heteroatoms. The van der Waals surface area contributed by atoms with Crippen molar-refractivity contribution in [3.05, 3.63) is 0 Å². The highest BCUT2D eigenvalue weighted by Gasteiger charge is 2.21. The van der Waals surface area contributed by atoms with E-state index in [-0.39, 0.29) is 5.78 Å². The molecule has 0 aromatic carbocycles. The molecule has 0 radical (unpaired) electrons. The van der Waals surface area contributed by atoms with Gasteiger partial charge in [0.15, 0.2) is 0 Å². The van der Waals surface area contributed by atoms with Gasteiger partial charge in [0.05, 0.1) is 0 Å². The third-order valence-electron chi connectivity index (χ3n) is 2.60. The SMILES string of the molecule is CC(C)(C)OC(=O)NCCC(=O)CCC1CC1. The molecule has 0 aromatic heterocycles. The summed E-state index contributed by atoms with van der Waals surface area (Å²) in [6, 6.07) is 0. The molecule has 0 saturated heterocycles. The topological polar surface area (TPSA) is 55.4 Å². The van der Waals surface area contributed by atoms with Crippen LogP contribution in [0.4, 0.5) is 4.79 Å². The van der Waals surface area contributed by atoms with Crippen LogP contribution in [0.5, 0.6) is 0 Å². The predicted octanol–water partition coefficient (Wildman–Crippen LogP) is 2.66. The highest BCUT2D eigenvalue weighted by Crippen LogP contribution is 2.33. The maximum absolute atomic E-state index is 11.4. The van der Waals surface area contributed by atoms with E-state index in [2.05, 4.69) is 5.32 Å². The van der Waals surface area contributed by atoms with E-state index in [4.69, 9.17) is 4.74 Å². The van der Waals surface area contributed by atoms with E-state index in [1.807, 2.05) is 20.8 Å². The summed E-state index contributed by atoms with van der Waals surface area (Å²) in [5.41, 5.74) is -0.486. The summed E-state index contributed by atoms with van der Waals surface area (Å²) in [7, 11) is 0. The Morgan fingerprint density at radius 1 is 1.24 bits per heavy atom. The standard InChI is InChI=1S/C13H23NO3/c1-13(2,3)17-12(16)14-9-8-11(15)7-6-10-4-5-10/h10H,4-9H2,1-3H3,(H,14,16). The Morgan fingerprint density at radius 3 is 2.41 bits per heavy atom. The molecule has 17 heavy (non-hydrogen) atoms. The summed E-state index contributed by atoms with van der Waals surface area (Å²) >= 11 is 0. The molecule has 0 bridgehead atoms. The molecule has 1 saturated carbocycles. The van der Waals surface area contributed by atoms with Crippen molar-refractivity contribution in [1.29, 1.82) is 0 Å². The van der Waals surface area contributed by atoms with Crippen LogP contribution < -0.4 is 5.32 Å². The van der Waals surface area contributed by atoms with Crippen LogP contribution in [0.1, 0.15) is 52.9 Å². The lowest BCUT2D eigenvalue weighted by atomic mass is 10.1. The quantitative estimate of drug-likeness (QED) is 0.777. The molecular formula is C13H23NO3. The molecule has 1 fully saturated rings. The van der Waals surface area contributed by atoms with Crippen LogP contribution in [-0.4, -0.2) is 24.0 Å². The first-order valence-electron chi connectivity index (χ1n) is 6.35. The smallest absolute Gasteiger partial charge is 0.407 e. The first-order valence-corrected chi connectivity index (χ1v) is 6.35. The second kappa shape index (κ2) is 6.03. The van der Waals surface area contributed by atoms with Gasteiger partial charge in [-0.3, -0.25) is 4.79 Å². The Morgan fingerprint density at radius 2 is 1.88 bits per heavy atom. The number of carbonyl (C=O) groups excluding carboxylic acids is 2. The Hall–Kier alpha value is -1.06. The lowest BCUT2D eigenvalue weighted by Gasteiger charge is -2.19. The van der Waals surface area contributed by atoms with Gasteiger partial charge >= 0.3 is 6.09 Å². The Bertz CT molecular complexity index is 277. The van der Waals surface area contributed by atoms with Crippen molar-refractivity contribution in [2.24, 2.45) is 5.92 Å². The molecule has 0 unspecified atom stereocenters. The van der Waals surface area contributed by atoms with Crippen molar-refractivity contribution in [2.45, 2.75) is 58.5 Å². The first-order chi connectivity index (χ1) is 7.87. The Balaban J connectivity index is 2.01. The van der Waals surface area contributed by atoms with Gasteiger partial charge in [-0.25, -0.2) is 4.79 Å². The second-order valence-corrected chi connectivity index (χ2v) is 5.70. The van der Waals surface area contributed by atoms with Gasteiger partial charge < -0.3 is 10.1 Å². The Kier molecular flexibility index (Phi) is 4.97. The fourth-order valence-corrected chi connectivity index (χ4v) is 1.51. The minimum atomic E-state index is -0.486. The average Bonchev–Trinajstić information content (AvgIpc) is 2.95. The number of carbonyl (C=O) groups is 2. The van der Waals surface area contributed by atoms with E-state index >= 15 is 0 Å². The van der Waals surface area contributed by atoms with E-state index < -0.39 is 11.7 Å². The van der Waals surface area contributed by atoms with E-state index in [1.165, 1.54) is 12.8 Å². The molecule has 0 heterocycles. The van der Waals surface area contributed by atoms with Crippen LogP contribution in [0.2, 0.25) is 0 Å². The first kappa shape index (κ1) is 14.0. The second-order valence-electron chi connectivity index (χ2n) is 5.70. The number of Topliss-reactive ketones (excluding diaryl/α,β-unsaturated/α-hetero) is 1. The molecule has 0 atom stereocenters. The van der Waals surface area contributed by atoms with Crippen molar-refractivity contribution in [1.82, 2.24) is 5.32 Å². The van der Waals surface area contributed by atoms with E-state index in [9.17, 15) is 9.59 Å². The van der Waals surface area contributed by atoms with E-state index in [0.29, 0.717) is 19.4 Å². The molecule has 4 nitrogen and oxygen atoms in total. The van der Waals surface area contributed by atoms with E-state index in [0.717, 1.165) is 12.3 Å². The lowest BCUT2D eigenvalue weighted by molar-refractivity contribution is -0.119. The van der Waals surface area contributed by atoms with Crippen molar-refractivity contribution < 1.29 is 14.3 Å². The van der Waals surface area contributed by atoms with Crippen molar-refractivity contribution in [2.75, 3.05) is 6.54 Å². The largest absolute Gasteiger partial charge is 0.444 e. The van der Waals surface area contributed by atoms with Crippen LogP contribution in [0.3, 0.4) is 0 Å². The lowest BCUT2D eigenvalue weighted by Crippen LogP contribution is -2.33. The number of nitrogens with one attached hydrogen (secondary N) is 1. The molecule has 0 aliphatic heterocycles. The van der Waals surface area contributed by atoms with Crippen LogP contribution >= 0.6 is 0 Å². The number of hydrogen-bond donors (Lipinski definition) is 1. The molecule has 0 spiro atoms. The number of amides is 1.